The van der Waals surface area contributed by atoms with Crippen LogP contribution in [0, 0.1) is 5.92 Å². The molecule has 0 bridgehead atoms. The van der Waals surface area contributed by atoms with Crippen LogP contribution in [0.4, 0.5) is 0 Å². The third-order valence-electron chi connectivity index (χ3n) is 4.42. The maximum Gasteiger partial charge on any atom is 0.246 e. The molecule has 0 aliphatic carbocycles. The Morgan fingerprint density at radius 1 is 1.38 bits per heavy atom. The topological polar surface area (TPSA) is 81.9 Å². The van der Waals surface area contributed by atoms with E-state index in [-0.39, 0.29) is 41.1 Å². The molecule has 3 unspecified atom stereocenters. The SMILES string of the molecule is COCC(C)Oc1ccc(Cl)cc1S(=O)(=O)N1CCCC(C(C)N)C1.Cl. The van der Waals surface area contributed by atoms with Crippen molar-refractivity contribution in [3.8, 4) is 5.75 Å². The van der Waals surface area contributed by atoms with Gasteiger partial charge in [-0.1, -0.05) is 11.6 Å². The first-order valence-corrected chi connectivity index (χ1v) is 10.3. The van der Waals surface area contributed by atoms with E-state index in [0.29, 0.717) is 24.7 Å². The molecule has 1 heterocycles. The molecule has 6 nitrogen and oxygen atoms in total. The van der Waals surface area contributed by atoms with Gasteiger partial charge in [0.1, 0.15) is 16.7 Å². The van der Waals surface area contributed by atoms with Crippen molar-refractivity contribution in [2.45, 2.75) is 43.7 Å². The van der Waals surface area contributed by atoms with E-state index >= 15 is 0 Å². The molecule has 1 saturated heterocycles. The van der Waals surface area contributed by atoms with Crippen molar-refractivity contribution in [1.29, 1.82) is 0 Å². The highest BCUT2D eigenvalue weighted by molar-refractivity contribution is 7.89. The van der Waals surface area contributed by atoms with Crippen molar-refractivity contribution >= 4 is 34.0 Å². The molecule has 0 aromatic heterocycles. The smallest absolute Gasteiger partial charge is 0.246 e. The minimum atomic E-state index is -3.71. The second-order valence-electron chi connectivity index (χ2n) is 6.60. The molecular formula is C17H28Cl2N2O4S. The van der Waals surface area contributed by atoms with Gasteiger partial charge in [-0.25, -0.2) is 8.42 Å². The van der Waals surface area contributed by atoms with Gasteiger partial charge in [0.2, 0.25) is 10.0 Å². The maximum atomic E-state index is 13.2. The Morgan fingerprint density at radius 3 is 2.69 bits per heavy atom. The van der Waals surface area contributed by atoms with Crippen molar-refractivity contribution in [2.24, 2.45) is 11.7 Å². The van der Waals surface area contributed by atoms with E-state index in [0.717, 1.165) is 12.8 Å². The van der Waals surface area contributed by atoms with Crippen molar-refractivity contribution in [1.82, 2.24) is 4.31 Å². The zero-order chi connectivity index (χ0) is 18.6. The number of nitrogens with two attached hydrogens (primary N) is 1. The molecule has 1 fully saturated rings. The Bertz CT molecular complexity index is 685. The third kappa shape index (κ3) is 5.71. The van der Waals surface area contributed by atoms with Crippen LogP contribution >= 0.6 is 24.0 Å². The quantitative estimate of drug-likeness (QED) is 0.724. The normalized spacial score (nSPS) is 20.9. The molecule has 0 spiro atoms. The number of hydrogen-bond donors (Lipinski definition) is 1. The zero-order valence-electron chi connectivity index (χ0n) is 15.4. The van der Waals surface area contributed by atoms with Crippen LogP contribution in [0.15, 0.2) is 23.1 Å². The fourth-order valence-electron chi connectivity index (χ4n) is 3.03. The predicted octanol–water partition coefficient (Wildman–Crippen LogP) is 2.92. The molecule has 150 valence electrons. The van der Waals surface area contributed by atoms with Gasteiger partial charge in [-0.05, 0) is 50.8 Å². The van der Waals surface area contributed by atoms with E-state index in [9.17, 15) is 8.42 Å². The molecule has 2 N–H and O–H groups in total. The molecule has 1 aromatic rings. The molecule has 0 radical (unpaired) electrons. The largest absolute Gasteiger partial charge is 0.487 e. The van der Waals surface area contributed by atoms with Crippen LogP contribution in [0.2, 0.25) is 5.02 Å². The summed E-state index contributed by atoms with van der Waals surface area (Å²) >= 11 is 6.06. The minimum Gasteiger partial charge on any atom is -0.487 e. The van der Waals surface area contributed by atoms with Crippen LogP contribution in [0.25, 0.3) is 0 Å². The van der Waals surface area contributed by atoms with E-state index in [2.05, 4.69) is 0 Å². The Hall–Kier alpha value is -0.570. The average molecular weight is 427 g/mol. The van der Waals surface area contributed by atoms with E-state index in [1.165, 1.54) is 10.4 Å². The number of piperidine rings is 1. The van der Waals surface area contributed by atoms with Crippen LogP contribution in [-0.4, -0.2) is 51.7 Å². The number of hydrogen-bond acceptors (Lipinski definition) is 5. The number of methoxy groups -OCH3 is 1. The van der Waals surface area contributed by atoms with Crippen LogP contribution < -0.4 is 10.5 Å². The van der Waals surface area contributed by atoms with Gasteiger partial charge < -0.3 is 15.2 Å². The fourth-order valence-corrected chi connectivity index (χ4v) is 4.95. The van der Waals surface area contributed by atoms with Crippen LogP contribution in [0.5, 0.6) is 5.75 Å². The Kier molecular flexibility index (Phi) is 9.12. The Balaban J connectivity index is 0.00000338. The van der Waals surface area contributed by atoms with Crippen molar-refractivity contribution in [2.75, 3.05) is 26.8 Å². The van der Waals surface area contributed by atoms with Crippen LogP contribution in [0.3, 0.4) is 0 Å². The predicted molar refractivity (Wildman–Crippen MR) is 106 cm³/mol. The monoisotopic (exact) mass is 426 g/mol. The lowest BCUT2D eigenvalue weighted by molar-refractivity contribution is 0.0899. The van der Waals surface area contributed by atoms with E-state index in [1.807, 2.05) is 13.8 Å². The molecule has 26 heavy (non-hydrogen) atoms. The molecule has 2 rings (SSSR count). The summed E-state index contributed by atoms with van der Waals surface area (Å²) < 4.78 is 38.7. The van der Waals surface area contributed by atoms with Crippen molar-refractivity contribution < 1.29 is 17.9 Å². The first-order valence-electron chi connectivity index (χ1n) is 8.46. The van der Waals surface area contributed by atoms with Gasteiger partial charge in [0.25, 0.3) is 0 Å². The van der Waals surface area contributed by atoms with E-state index < -0.39 is 10.0 Å². The summed E-state index contributed by atoms with van der Waals surface area (Å²) in [7, 11) is -2.14. The lowest BCUT2D eigenvalue weighted by Crippen LogP contribution is -2.45. The maximum absolute atomic E-state index is 13.2. The molecule has 1 aliphatic heterocycles. The zero-order valence-corrected chi connectivity index (χ0v) is 17.7. The van der Waals surface area contributed by atoms with Gasteiger partial charge in [-0.15, -0.1) is 12.4 Å². The number of rotatable bonds is 7. The molecule has 0 amide bonds. The Morgan fingerprint density at radius 2 is 2.08 bits per heavy atom. The van der Waals surface area contributed by atoms with E-state index in [4.69, 9.17) is 26.8 Å². The summed E-state index contributed by atoms with van der Waals surface area (Å²) in [5, 5.41) is 0.353. The van der Waals surface area contributed by atoms with Crippen LogP contribution in [0.1, 0.15) is 26.7 Å². The van der Waals surface area contributed by atoms with Gasteiger partial charge in [0, 0.05) is 31.3 Å². The summed E-state index contributed by atoms with van der Waals surface area (Å²) in [6.07, 6.45) is 1.45. The highest BCUT2D eigenvalue weighted by atomic mass is 35.5. The van der Waals surface area contributed by atoms with Crippen LogP contribution in [-0.2, 0) is 14.8 Å². The fraction of sp³-hybridized carbons (Fsp3) is 0.647. The second kappa shape index (κ2) is 10.1. The second-order valence-corrected chi connectivity index (χ2v) is 8.94. The van der Waals surface area contributed by atoms with Gasteiger partial charge >= 0.3 is 0 Å². The van der Waals surface area contributed by atoms with Crippen molar-refractivity contribution in [3.63, 3.8) is 0 Å². The summed E-state index contributed by atoms with van der Waals surface area (Å²) in [5.74, 6) is 0.441. The minimum absolute atomic E-state index is 0. The first-order chi connectivity index (χ1) is 11.8. The average Bonchev–Trinajstić information content (AvgIpc) is 2.56. The summed E-state index contributed by atoms with van der Waals surface area (Å²) in [6.45, 7) is 4.99. The lowest BCUT2D eigenvalue weighted by atomic mass is 9.93. The summed E-state index contributed by atoms with van der Waals surface area (Å²) in [4.78, 5) is 0.0910. The highest BCUT2D eigenvalue weighted by Gasteiger charge is 2.33. The molecular weight excluding hydrogens is 399 g/mol. The molecule has 1 aromatic carbocycles. The van der Waals surface area contributed by atoms with Crippen molar-refractivity contribution in [3.05, 3.63) is 23.2 Å². The molecule has 9 heteroatoms. The number of sulfonamides is 1. The number of halogens is 2. The molecule has 1 aliphatic rings. The van der Waals surface area contributed by atoms with Gasteiger partial charge in [-0.2, -0.15) is 4.31 Å². The number of ether oxygens (including phenoxy) is 2. The molecule has 3 atom stereocenters. The van der Waals surface area contributed by atoms with Gasteiger partial charge in [0.05, 0.1) is 6.61 Å². The number of nitrogens with zero attached hydrogens (tertiary/aromatic N) is 1. The van der Waals surface area contributed by atoms with Gasteiger partial charge in [0.15, 0.2) is 0 Å². The third-order valence-corrected chi connectivity index (χ3v) is 6.54. The lowest BCUT2D eigenvalue weighted by Gasteiger charge is -2.34. The molecule has 0 saturated carbocycles. The van der Waals surface area contributed by atoms with Gasteiger partial charge in [-0.3, -0.25) is 0 Å². The van der Waals surface area contributed by atoms with E-state index in [1.54, 1.807) is 19.2 Å². The summed E-state index contributed by atoms with van der Waals surface area (Å²) in [5.41, 5.74) is 5.98. The number of benzene rings is 1. The Labute approximate surface area is 167 Å². The summed E-state index contributed by atoms with van der Waals surface area (Å²) in [6, 6.07) is 4.61. The standard InChI is InChI=1S/C17H27ClN2O4S.ClH/c1-12(11-23-3)24-16-7-6-15(18)9-17(16)25(21,22)20-8-4-5-14(10-20)13(2)19;/h6-7,9,12-14H,4-5,8,10-11,19H2,1-3H3;1H. The highest BCUT2D eigenvalue weighted by Crippen LogP contribution is 2.33. The first kappa shape index (κ1) is 23.5.